The van der Waals surface area contributed by atoms with Crippen LogP contribution in [0.15, 0.2) is 65.8 Å². The van der Waals surface area contributed by atoms with Crippen LogP contribution in [-0.2, 0) is 14.8 Å². The molecule has 0 bridgehead atoms. The van der Waals surface area contributed by atoms with Crippen LogP contribution in [0.3, 0.4) is 0 Å². The van der Waals surface area contributed by atoms with E-state index in [1.54, 1.807) is 12.1 Å². The number of halogens is 1. The third kappa shape index (κ3) is 4.88. The molecule has 0 aromatic heterocycles. The van der Waals surface area contributed by atoms with Gasteiger partial charge >= 0.3 is 0 Å². The van der Waals surface area contributed by atoms with E-state index in [0.717, 1.165) is 33.5 Å². The number of amides is 1. The first-order valence-corrected chi connectivity index (χ1v) is 10.4. The smallest absolute Gasteiger partial charge is 0.260 e. The average Bonchev–Trinajstić information content (AvgIpc) is 2.68. The van der Waals surface area contributed by atoms with Crippen molar-refractivity contribution in [1.82, 2.24) is 5.43 Å². The number of anilines is 1. The van der Waals surface area contributed by atoms with Gasteiger partial charge in [0.05, 0.1) is 18.2 Å². The SMILES string of the molecule is CS(=O)(=O)N(CC(=O)N/N=C\c1c(O)ccc2ccccc12)c1ccc(F)cc1. The van der Waals surface area contributed by atoms with Crippen molar-refractivity contribution in [2.24, 2.45) is 5.10 Å². The zero-order valence-corrected chi connectivity index (χ0v) is 16.2. The molecule has 0 heterocycles. The average molecular weight is 415 g/mol. The molecule has 29 heavy (non-hydrogen) atoms. The monoisotopic (exact) mass is 415 g/mol. The standard InChI is InChI=1S/C20H18FN3O4S/c1-29(27,28)24(16-9-7-15(21)8-10-16)13-20(26)23-22-12-18-17-5-3-2-4-14(17)6-11-19(18)25/h2-12,25H,13H2,1H3,(H,23,26)/b22-12-. The summed E-state index contributed by atoms with van der Waals surface area (Å²) in [6.07, 6.45) is 2.24. The number of phenols is 1. The molecular formula is C20H18FN3O4S. The van der Waals surface area contributed by atoms with Crippen molar-refractivity contribution in [2.45, 2.75) is 0 Å². The van der Waals surface area contributed by atoms with E-state index in [0.29, 0.717) is 5.56 Å². The molecule has 9 heteroatoms. The first kappa shape index (κ1) is 20.3. The highest BCUT2D eigenvalue weighted by Crippen LogP contribution is 2.25. The predicted octanol–water partition coefficient (Wildman–Crippen LogP) is 2.60. The highest BCUT2D eigenvalue weighted by molar-refractivity contribution is 7.92. The van der Waals surface area contributed by atoms with Gasteiger partial charge in [-0.2, -0.15) is 5.10 Å². The van der Waals surface area contributed by atoms with Gasteiger partial charge in [-0.15, -0.1) is 0 Å². The van der Waals surface area contributed by atoms with Gasteiger partial charge < -0.3 is 5.11 Å². The molecule has 0 spiro atoms. The Morgan fingerprint density at radius 2 is 1.83 bits per heavy atom. The lowest BCUT2D eigenvalue weighted by Crippen LogP contribution is -2.39. The summed E-state index contributed by atoms with van der Waals surface area (Å²) >= 11 is 0. The maximum Gasteiger partial charge on any atom is 0.260 e. The van der Waals surface area contributed by atoms with Gasteiger partial charge in [0.2, 0.25) is 10.0 Å². The number of phenolic OH excluding ortho intramolecular Hbond substituents is 1. The molecule has 0 saturated heterocycles. The van der Waals surface area contributed by atoms with E-state index in [9.17, 15) is 22.7 Å². The van der Waals surface area contributed by atoms with Crippen molar-refractivity contribution in [3.8, 4) is 5.75 Å². The fourth-order valence-electron chi connectivity index (χ4n) is 2.76. The van der Waals surface area contributed by atoms with Crippen LogP contribution in [0.5, 0.6) is 5.75 Å². The predicted molar refractivity (Wildman–Crippen MR) is 110 cm³/mol. The molecule has 0 aliphatic heterocycles. The van der Waals surface area contributed by atoms with E-state index in [-0.39, 0.29) is 11.4 Å². The van der Waals surface area contributed by atoms with Gasteiger partial charge in [-0.1, -0.05) is 30.3 Å². The fraction of sp³-hybridized carbons (Fsp3) is 0.100. The maximum absolute atomic E-state index is 13.1. The second kappa shape index (κ2) is 8.27. The number of carbonyl (C=O) groups is 1. The van der Waals surface area contributed by atoms with E-state index in [1.165, 1.54) is 24.4 Å². The number of nitrogens with one attached hydrogen (secondary N) is 1. The Morgan fingerprint density at radius 1 is 1.14 bits per heavy atom. The molecule has 0 unspecified atom stereocenters. The Hall–Kier alpha value is -3.46. The molecule has 0 radical (unpaired) electrons. The van der Waals surface area contributed by atoms with Crippen molar-refractivity contribution in [1.29, 1.82) is 0 Å². The van der Waals surface area contributed by atoms with Crippen molar-refractivity contribution < 1.29 is 22.7 Å². The number of nitrogens with zero attached hydrogens (tertiary/aromatic N) is 2. The van der Waals surface area contributed by atoms with E-state index in [4.69, 9.17) is 0 Å². The van der Waals surface area contributed by atoms with E-state index in [2.05, 4.69) is 10.5 Å². The number of aromatic hydroxyl groups is 1. The summed E-state index contributed by atoms with van der Waals surface area (Å²) in [5, 5.41) is 15.5. The van der Waals surface area contributed by atoms with Gasteiger partial charge in [-0.05, 0) is 41.1 Å². The normalized spacial score (nSPS) is 11.7. The number of hydrogen-bond donors (Lipinski definition) is 2. The number of sulfonamides is 1. The van der Waals surface area contributed by atoms with Crippen molar-refractivity contribution in [3.05, 3.63) is 72.0 Å². The van der Waals surface area contributed by atoms with E-state index in [1.807, 2.05) is 18.2 Å². The van der Waals surface area contributed by atoms with E-state index < -0.39 is 28.3 Å². The Labute approximate surface area is 167 Å². The molecule has 0 atom stereocenters. The molecule has 0 aliphatic carbocycles. The largest absolute Gasteiger partial charge is 0.507 e. The van der Waals surface area contributed by atoms with Gasteiger partial charge in [-0.3, -0.25) is 9.10 Å². The molecule has 3 aromatic carbocycles. The summed E-state index contributed by atoms with van der Waals surface area (Å²) < 4.78 is 38.0. The molecular weight excluding hydrogens is 397 g/mol. The topological polar surface area (TPSA) is 99.1 Å². The van der Waals surface area contributed by atoms with Crippen LogP contribution < -0.4 is 9.73 Å². The Kier molecular flexibility index (Phi) is 5.79. The van der Waals surface area contributed by atoms with Crippen LogP contribution in [0.2, 0.25) is 0 Å². The fourth-order valence-corrected chi connectivity index (χ4v) is 3.62. The van der Waals surface area contributed by atoms with Gasteiger partial charge in [0.15, 0.2) is 0 Å². The third-order valence-electron chi connectivity index (χ3n) is 4.13. The lowest BCUT2D eigenvalue weighted by molar-refractivity contribution is -0.119. The van der Waals surface area contributed by atoms with Crippen molar-refractivity contribution in [2.75, 3.05) is 17.1 Å². The summed E-state index contributed by atoms with van der Waals surface area (Å²) in [5.41, 5.74) is 2.82. The third-order valence-corrected chi connectivity index (χ3v) is 5.27. The minimum Gasteiger partial charge on any atom is -0.507 e. The second-order valence-corrected chi connectivity index (χ2v) is 8.17. The second-order valence-electron chi connectivity index (χ2n) is 6.26. The summed E-state index contributed by atoms with van der Waals surface area (Å²) in [6, 6.07) is 15.4. The summed E-state index contributed by atoms with van der Waals surface area (Å²) in [5.74, 6) is -1.23. The molecule has 0 saturated carbocycles. The number of fused-ring (bicyclic) bond motifs is 1. The zero-order chi connectivity index (χ0) is 21.0. The Balaban J connectivity index is 1.76. The summed E-state index contributed by atoms with van der Waals surface area (Å²) in [6.45, 7) is -0.538. The van der Waals surface area contributed by atoms with Crippen molar-refractivity contribution in [3.63, 3.8) is 0 Å². The van der Waals surface area contributed by atoms with E-state index >= 15 is 0 Å². The molecule has 3 rings (SSSR count). The van der Waals surface area contributed by atoms with Gasteiger partial charge in [0.25, 0.3) is 5.91 Å². The number of carbonyl (C=O) groups excluding carboxylic acids is 1. The molecule has 1 amide bonds. The van der Waals surface area contributed by atoms with Crippen LogP contribution in [0.4, 0.5) is 10.1 Å². The van der Waals surface area contributed by atoms with Crippen LogP contribution in [0.25, 0.3) is 10.8 Å². The van der Waals surface area contributed by atoms with Gasteiger partial charge in [0.1, 0.15) is 18.1 Å². The molecule has 3 aromatic rings. The molecule has 2 N–H and O–H groups in total. The van der Waals surface area contributed by atoms with Crippen LogP contribution >= 0.6 is 0 Å². The summed E-state index contributed by atoms with van der Waals surface area (Å²) in [4.78, 5) is 12.2. The van der Waals surface area contributed by atoms with Crippen molar-refractivity contribution >= 4 is 38.6 Å². The number of hydrazone groups is 1. The molecule has 150 valence electrons. The highest BCUT2D eigenvalue weighted by atomic mass is 32.2. The number of benzene rings is 3. The lowest BCUT2D eigenvalue weighted by Gasteiger charge is -2.21. The van der Waals surface area contributed by atoms with Crippen LogP contribution in [-0.4, -0.2) is 38.4 Å². The first-order valence-electron chi connectivity index (χ1n) is 8.51. The van der Waals surface area contributed by atoms with Crippen LogP contribution in [0.1, 0.15) is 5.56 Å². The summed E-state index contributed by atoms with van der Waals surface area (Å²) in [7, 11) is -3.78. The lowest BCUT2D eigenvalue weighted by atomic mass is 10.0. The molecule has 0 fully saturated rings. The molecule has 7 nitrogen and oxygen atoms in total. The van der Waals surface area contributed by atoms with Crippen LogP contribution in [0, 0.1) is 5.82 Å². The molecule has 0 aliphatic rings. The van der Waals surface area contributed by atoms with Gasteiger partial charge in [-0.25, -0.2) is 18.2 Å². The minimum atomic E-state index is -3.78. The number of hydrogen-bond acceptors (Lipinski definition) is 5. The first-order chi connectivity index (χ1) is 13.8. The quantitative estimate of drug-likeness (QED) is 0.478. The zero-order valence-electron chi connectivity index (χ0n) is 15.4. The highest BCUT2D eigenvalue weighted by Gasteiger charge is 2.20. The number of rotatable bonds is 6. The van der Waals surface area contributed by atoms with Gasteiger partial charge in [0, 0.05) is 5.56 Å². The maximum atomic E-state index is 13.1. The minimum absolute atomic E-state index is 0.00854. The Bertz CT molecular complexity index is 1180. The Morgan fingerprint density at radius 3 is 2.52 bits per heavy atom.